The van der Waals surface area contributed by atoms with Crippen LogP contribution in [-0.4, -0.2) is 17.9 Å². The molecular weight excluding hydrogens is 180 g/mol. The van der Waals surface area contributed by atoms with Gasteiger partial charge >= 0.3 is 0 Å². The SMILES string of the molecule is C1=N[N]N(COCc2ccccc2)N=1. The Morgan fingerprint density at radius 1 is 1.29 bits per heavy atom. The monoisotopic (exact) mass is 189 g/mol. The van der Waals surface area contributed by atoms with E-state index in [1.807, 2.05) is 30.3 Å². The maximum Gasteiger partial charge on any atom is 0.161 e. The van der Waals surface area contributed by atoms with Gasteiger partial charge in [-0.15, -0.1) is 5.12 Å². The third kappa shape index (κ3) is 2.32. The van der Waals surface area contributed by atoms with Crippen molar-refractivity contribution in [1.29, 1.82) is 0 Å². The standard InChI is InChI=1S/C9H9N4O/c1-2-4-9(5-3-1)6-14-8-13-11-7-10-12-13/h1-5H,6,8H2. The third-order valence-corrected chi connectivity index (χ3v) is 1.67. The average molecular weight is 189 g/mol. The van der Waals surface area contributed by atoms with E-state index in [0.29, 0.717) is 13.3 Å². The Hall–Kier alpha value is -1.84. The van der Waals surface area contributed by atoms with Gasteiger partial charge in [-0.1, -0.05) is 40.5 Å². The van der Waals surface area contributed by atoms with E-state index in [2.05, 4.69) is 21.7 Å². The van der Waals surface area contributed by atoms with Crippen LogP contribution in [0, 0.1) is 0 Å². The molecule has 0 bridgehead atoms. The summed E-state index contributed by atoms with van der Waals surface area (Å²) < 4.78 is 5.34. The molecule has 0 atom stereocenters. The summed E-state index contributed by atoms with van der Waals surface area (Å²) in [7, 11) is 0. The highest BCUT2D eigenvalue weighted by molar-refractivity contribution is 5.40. The fourth-order valence-corrected chi connectivity index (χ4v) is 1.04. The lowest BCUT2D eigenvalue weighted by Gasteiger charge is -2.09. The molecule has 0 saturated heterocycles. The van der Waals surface area contributed by atoms with Crippen LogP contribution in [0.5, 0.6) is 0 Å². The lowest BCUT2D eigenvalue weighted by atomic mass is 10.2. The molecule has 0 unspecified atom stereocenters. The van der Waals surface area contributed by atoms with Crippen LogP contribution in [0.3, 0.4) is 0 Å². The highest BCUT2D eigenvalue weighted by atomic mass is 16.5. The van der Waals surface area contributed by atoms with Crippen molar-refractivity contribution in [2.75, 3.05) is 6.73 Å². The first kappa shape index (κ1) is 8.74. The van der Waals surface area contributed by atoms with Gasteiger partial charge in [-0.2, -0.15) is 0 Å². The fourth-order valence-electron chi connectivity index (χ4n) is 1.04. The molecule has 0 aliphatic carbocycles. The first-order valence-corrected chi connectivity index (χ1v) is 4.21. The van der Waals surface area contributed by atoms with E-state index in [4.69, 9.17) is 4.74 Å². The molecule has 0 saturated carbocycles. The molecule has 71 valence electrons. The number of hydrazone groups is 1. The van der Waals surface area contributed by atoms with Crippen LogP contribution in [0.2, 0.25) is 0 Å². The van der Waals surface area contributed by atoms with Gasteiger partial charge in [-0.05, 0) is 11.1 Å². The summed E-state index contributed by atoms with van der Waals surface area (Å²) in [6.07, 6.45) is 0. The van der Waals surface area contributed by atoms with Gasteiger partial charge in [0.2, 0.25) is 0 Å². The van der Waals surface area contributed by atoms with Gasteiger partial charge in [0.15, 0.2) is 6.73 Å². The Morgan fingerprint density at radius 2 is 2.14 bits per heavy atom. The summed E-state index contributed by atoms with van der Waals surface area (Å²) in [5, 5.41) is 8.47. The van der Waals surface area contributed by atoms with Crippen LogP contribution in [0.1, 0.15) is 5.56 Å². The van der Waals surface area contributed by atoms with E-state index in [-0.39, 0.29) is 0 Å². The summed E-state index contributed by atoms with van der Waals surface area (Å²) in [6.45, 7) is 0.841. The summed E-state index contributed by atoms with van der Waals surface area (Å²) in [5.74, 6) is 0. The second-order valence-corrected chi connectivity index (χ2v) is 2.72. The Morgan fingerprint density at radius 3 is 2.86 bits per heavy atom. The topological polar surface area (TPSA) is 51.3 Å². The van der Waals surface area contributed by atoms with E-state index in [1.54, 1.807) is 0 Å². The Bertz CT molecular complexity index is 345. The van der Waals surface area contributed by atoms with Crippen molar-refractivity contribution in [3.63, 3.8) is 0 Å². The van der Waals surface area contributed by atoms with Crippen LogP contribution >= 0.6 is 0 Å². The summed E-state index contributed by atoms with van der Waals surface area (Å²) >= 11 is 0. The first-order valence-electron chi connectivity index (χ1n) is 4.21. The Kier molecular flexibility index (Phi) is 2.76. The molecule has 1 aromatic rings. The van der Waals surface area contributed by atoms with Crippen LogP contribution in [0.4, 0.5) is 0 Å². The highest BCUT2D eigenvalue weighted by Gasteiger charge is 2.04. The van der Waals surface area contributed by atoms with Crippen molar-refractivity contribution in [2.24, 2.45) is 10.2 Å². The van der Waals surface area contributed by atoms with E-state index < -0.39 is 0 Å². The van der Waals surface area contributed by atoms with E-state index in [9.17, 15) is 0 Å². The van der Waals surface area contributed by atoms with Crippen molar-refractivity contribution in [3.05, 3.63) is 35.9 Å². The summed E-state index contributed by atoms with van der Waals surface area (Å²) in [6, 6.07) is 12.3. The lowest BCUT2D eigenvalue weighted by molar-refractivity contribution is -0.00528. The van der Waals surface area contributed by atoms with Crippen LogP contribution in [0.15, 0.2) is 40.5 Å². The maximum absolute atomic E-state index is 5.34. The molecule has 1 aromatic carbocycles. The number of hydrogen-bond acceptors (Lipinski definition) is 4. The number of benzene rings is 1. The summed E-state index contributed by atoms with van der Waals surface area (Å²) in [5.41, 5.74) is 4.74. The fraction of sp³-hybridized carbons (Fsp3) is 0.222. The summed E-state index contributed by atoms with van der Waals surface area (Å²) in [4.78, 5) is 0. The molecule has 5 heteroatoms. The number of nitrogens with zero attached hydrogens (tertiary/aromatic N) is 4. The van der Waals surface area contributed by atoms with Gasteiger partial charge in [0.05, 0.1) is 6.61 Å². The first-order chi connectivity index (χ1) is 6.95. The molecule has 14 heavy (non-hydrogen) atoms. The molecular formula is C9H9N4O. The number of hydrogen-bond donors (Lipinski definition) is 0. The Balaban J connectivity index is 1.71. The minimum atomic E-state index is 0.297. The molecule has 5 nitrogen and oxygen atoms in total. The third-order valence-electron chi connectivity index (χ3n) is 1.67. The molecule has 1 aliphatic heterocycles. The van der Waals surface area contributed by atoms with E-state index >= 15 is 0 Å². The van der Waals surface area contributed by atoms with Crippen molar-refractivity contribution < 1.29 is 4.74 Å². The van der Waals surface area contributed by atoms with Crippen molar-refractivity contribution >= 4 is 6.01 Å². The van der Waals surface area contributed by atoms with Crippen LogP contribution in [0.25, 0.3) is 0 Å². The zero-order valence-electron chi connectivity index (χ0n) is 7.50. The van der Waals surface area contributed by atoms with E-state index in [1.165, 1.54) is 5.12 Å². The molecule has 0 spiro atoms. The van der Waals surface area contributed by atoms with Gasteiger partial charge < -0.3 is 4.74 Å². The van der Waals surface area contributed by atoms with Gasteiger partial charge in [-0.3, -0.25) is 0 Å². The second-order valence-electron chi connectivity index (χ2n) is 2.72. The molecule has 0 N–H and O–H groups in total. The number of rotatable bonds is 4. The zero-order chi connectivity index (χ0) is 9.64. The van der Waals surface area contributed by atoms with Crippen molar-refractivity contribution in [1.82, 2.24) is 10.7 Å². The second kappa shape index (κ2) is 4.41. The molecule has 0 aromatic heterocycles. The average Bonchev–Trinajstić information content (AvgIpc) is 2.72. The molecule has 1 heterocycles. The molecule has 1 radical (unpaired) electrons. The van der Waals surface area contributed by atoms with Crippen LogP contribution < -0.4 is 5.53 Å². The molecule has 0 fully saturated rings. The zero-order valence-corrected chi connectivity index (χ0v) is 7.50. The predicted molar refractivity (Wildman–Crippen MR) is 49.9 cm³/mol. The molecule has 2 rings (SSSR count). The minimum absolute atomic E-state index is 0.297. The highest BCUT2D eigenvalue weighted by Crippen LogP contribution is 2.01. The molecule has 0 amide bonds. The van der Waals surface area contributed by atoms with Crippen molar-refractivity contribution in [2.45, 2.75) is 6.61 Å². The minimum Gasteiger partial charge on any atom is -0.353 e. The van der Waals surface area contributed by atoms with Gasteiger partial charge in [-0.25, -0.2) is 0 Å². The maximum atomic E-state index is 5.34. The largest absolute Gasteiger partial charge is 0.353 e. The molecule has 1 aliphatic rings. The quantitative estimate of drug-likeness (QED) is 0.709. The number of ether oxygens (including phenoxy) is 1. The Labute approximate surface area is 81.6 Å². The van der Waals surface area contributed by atoms with Crippen LogP contribution in [-0.2, 0) is 11.3 Å². The smallest absolute Gasteiger partial charge is 0.161 e. The van der Waals surface area contributed by atoms with Crippen molar-refractivity contribution in [3.8, 4) is 0 Å². The van der Waals surface area contributed by atoms with Gasteiger partial charge in [0.1, 0.15) is 6.01 Å². The van der Waals surface area contributed by atoms with E-state index in [0.717, 1.165) is 5.56 Å². The normalized spacial score (nSPS) is 13.3. The predicted octanol–water partition coefficient (Wildman–Crippen LogP) is 1.000. The van der Waals surface area contributed by atoms with Gasteiger partial charge in [0, 0.05) is 0 Å². The lowest BCUT2D eigenvalue weighted by Crippen LogP contribution is -2.22. The van der Waals surface area contributed by atoms with Gasteiger partial charge in [0.25, 0.3) is 0 Å².